The molecule has 0 saturated heterocycles. The third-order valence-corrected chi connectivity index (χ3v) is 7.51. The lowest BCUT2D eigenvalue weighted by atomic mass is 10.00. The standard InChI is InChI=1S/C38H56F3NO11/c1-3-5-9-31(4-2)36(43)52-28-26-50-24-22-48-20-18-46-16-14-45-15-17-47-19-21-49-23-25-51-27-29-53-37(44)34-12-6-7-13-35(34)42-33-11-8-10-32(30-33)38(39,40)41/h6-8,10-13,30-31,42H,3-5,9,14-29H2,1-2H3. The Kier molecular flexibility index (Phi) is 25.2. The summed E-state index contributed by atoms with van der Waals surface area (Å²) in [6.07, 6.45) is -0.718. The summed E-state index contributed by atoms with van der Waals surface area (Å²) in [6, 6.07) is 11.1. The minimum absolute atomic E-state index is 0.00480. The highest BCUT2D eigenvalue weighted by atomic mass is 19.4. The number of hydrogen-bond donors (Lipinski definition) is 1. The van der Waals surface area contributed by atoms with E-state index in [1.807, 2.05) is 6.92 Å². The van der Waals surface area contributed by atoms with Crippen molar-refractivity contribution in [3.05, 3.63) is 59.7 Å². The van der Waals surface area contributed by atoms with Crippen molar-refractivity contribution in [1.82, 2.24) is 0 Å². The number of unbranched alkanes of at least 4 members (excludes halogenated alkanes) is 1. The van der Waals surface area contributed by atoms with Crippen LogP contribution in [0.3, 0.4) is 0 Å². The van der Waals surface area contributed by atoms with Gasteiger partial charge in [-0.15, -0.1) is 0 Å². The minimum Gasteiger partial charge on any atom is -0.463 e. The molecule has 1 atom stereocenters. The van der Waals surface area contributed by atoms with Crippen LogP contribution < -0.4 is 5.32 Å². The van der Waals surface area contributed by atoms with Gasteiger partial charge in [0.1, 0.15) is 13.2 Å². The Hall–Kier alpha value is -3.31. The van der Waals surface area contributed by atoms with Crippen LogP contribution in [-0.2, 0) is 53.6 Å². The summed E-state index contributed by atoms with van der Waals surface area (Å²) in [6.45, 7) is 9.75. The third-order valence-electron chi connectivity index (χ3n) is 7.51. The van der Waals surface area contributed by atoms with E-state index < -0.39 is 17.7 Å². The Morgan fingerprint density at radius 2 is 1.09 bits per heavy atom. The molecule has 15 heteroatoms. The zero-order valence-corrected chi connectivity index (χ0v) is 31.0. The van der Waals surface area contributed by atoms with Gasteiger partial charge in [-0.2, -0.15) is 13.2 Å². The van der Waals surface area contributed by atoms with Crippen LogP contribution in [0.1, 0.15) is 55.5 Å². The summed E-state index contributed by atoms with van der Waals surface area (Å²) in [5, 5.41) is 2.86. The number of esters is 2. The van der Waals surface area contributed by atoms with Crippen molar-refractivity contribution in [2.24, 2.45) is 5.92 Å². The van der Waals surface area contributed by atoms with Gasteiger partial charge >= 0.3 is 18.1 Å². The molecule has 0 aliphatic carbocycles. The van der Waals surface area contributed by atoms with Crippen molar-refractivity contribution in [1.29, 1.82) is 0 Å². The number of carbonyl (C=O) groups is 2. The fraction of sp³-hybridized carbons (Fsp3) is 0.632. The molecule has 0 bridgehead atoms. The Morgan fingerprint density at radius 3 is 1.57 bits per heavy atom. The predicted molar refractivity (Wildman–Crippen MR) is 191 cm³/mol. The zero-order chi connectivity index (χ0) is 38.4. The molecule has 0 heterocycles. The molecule has 1 N–H and O–H groups in total. The lowest BCUT2D eigenvalue weighted by Crippen LogP contribution is -2.20. The normalized spacial score (nSPS) is 12.1. The van der Waals surface area contributed by atoms with Gasteiger partial charge in [0.15, 0.2) is 0 Å². The highest BCUT2D eigenvalue weighted by Gasteiger charge is 2.30. The Morgan fingerprint density at radius 1 is 0.623 bits per heavy atom. The van der Waals surface area contributed by atoms with Crippen LogP contribution in [0.4, 0.5) is 24.5 Å². The Labute approximate surface area is 310 Å². The summed E-state index contributed by atoms with van der Waals surface area (Å²) >= 11 is 0. The average Bonchev–Trinajstić information content (AvgIpc) is 3.15. The van der Waals surface area contributed by atoms with Crippen LogP contribution in [0.15, 0.2) is 48.5 Å². The lowest BCUT2D eigenvalue weighted by Gasteiger charge is -2.13. The largest absolute Gasteiger partial charge is 0.463 e. The second-order valence-electron chi connectivity index (χ2n) is 11.6. The molecule has 300 valence electrons. The predicted octanol–water partition coefficient (Wildman–Crippen LogP) is 6.48. The summed E-state index contributed by atoms with van der Waals surface area (Å²) < 4.78 is 87.9. The first-order valence-electron chi connectivity index (χ1n) is 18.2. The molecule has 1 unspecified atom stereocenters. The molecule has 0 aromatic heterocycles. The third kappa shape index (κ3) is 21.9. The molecule has 12 nitrogen and oxygen atoms in total. The molecule has 0 radical (unpaired) electrons. The number of carbonyl (C=O) groups excluding carboxylic acids is 2. The van der Waals surface area contributed by atoms with Gasteiger partial charge in [0.2, 0.25) is 0 Å². The summed E-state index contributed by atoms with van der Waals surface area (Å²) in [5.41, 5.74) is -0.0986. The van der Waals surface area contributed by atoms with Crippen LogP contribution in [0.2, 0.25) is 0 Å². The van der Waals surface area contributed by atoms with Crippen molar-refractivity contribution in [3.8, 4) is 0 Å². The minimum atomic E-state index is -4.48. The number of para-hydroxylation sites is 1. The average molecular weight is 760 g/mol. The smallest absolute Gasteiger partial charge is 0.416 e. The van der Waals surface area contributed by atoms with Crippen molar-refractivity contribution in [2.75, 3.05) is 111 Å². The SMILES string of the molecule is CCCCC(CC)C(=O)OCCOCCOCCOCCOCCOCCOCCOCCOC(=O)c1ccccc1Nc1cccc(C(F)(F)F)c1. The van der Waals surface area contributed by atoms with Crippen molar-refractivity contribution in [3.63, 3.8) is 0 Å². The molecule has 0 amide bonds. The van der Waals surface area contributed by atoms with E-state index in [9.17, 15) is 22.8 Å². The first-order valence-corrected chi connectivity index (χ1v) is 18.2. The number of anilines is 2. The van der Waals surface area contributed by atoms with Crippen LogP contribution in [-0.4, -0.2) is 118 Å². The van der Waals surface area contributed by atoms with Crippen LogP contribution in [0, 0.1) is 5.92 Å². The molecule has 2 rings (SSSR count). The first kappa shape index (κ1) is 45.8. The van der Waals surface area contributed by atoms with Gasteiger partial charge in [-0.05, 0) is 43.2 Å². The molecule has 2 aromatic carbocycles. The topological polar surface area (TPSA) is 129 Å². The molecule has 53 heavy (non-hydrogen) atoms. The molecule has 0 spiro atoms. The highest BCUT2D eigenvalue weighted by Crippen LogP contribution is 2.32. The van der Waals surface area contributed by atoms with E-state index in [1.54, 1.807) is 18.2 Å². The van der Waals surface area contributed by atoms with E-state index in [0.29, 0.717) is 91.6 Å². The van der Waals surface area contributed by atoms with Gasteiger partial charge in [0.25, 0.3) is 0 Å². The fourth-order valence-corrected chi connectivity index (χ4v) is 4.65. The van der Waals surface area contributed by atoms with Crippen LogP contribution >= 0.6 is 0 Å². The van der Waals surface area contributed by atoms with E-state index in [0.717, 1.165) is 37.8 Å². The molecular formula is C38H56F3NO11. The number of hydrogen-bond acceptors (Lipinski definition) is 12. The fourth-order valence-electron chi connectivity index (χ4n) is 4.65. The maximum atomic E-state index is 13.0. The second kappa shape index (κ2) is 29.1. The summed E-state index contributed by atoms with van der Waals surface area (Å²) in [5.74, 6) is -0.796. The maximum absolute atomic E-state index is 13.0. The molecule has 0 saturated carbocycles. The van der Waals surface area contributed by atoms with E-state index >= 15 is 0 Å². The number of benzene rings is 2. The van der Waals surface area contributed by atoms with Crippen LogP contribution in [0.5, 0.6) is 0 Å². The van der Waals surface area contributed by atoms with Gasteiger partial charge in [0.05, 0.1) is 115 Å². The van der Waals surface area contributed by atoms with Crippen molar-refractivity contribution in [2.45, 2.75) is 45.7 Å². The number of rotatable bonds is 32. The first-order chi connectivity index (χ1) is 25.8. The molecule has 0 aliphatic heterocycles. The quantitative estimate of drug-likeness (QED) is 0.0648. The highest BCUT2D eigenvalue weighted by molar-refractivity contribution is 5.96. The summed E-state index contributed by atoms with van der Waals surface area (Å²) in [4.78, 5) is 24.6. The van der Waals surface area contributed by atoms with E-state index in [1.165, 1.54) is 18.2 Å². The zero-order valence-electron chi connectivity index (χ0n) is 31.0. The molecule has 0 fully saturated rings. The van der Waals surface area contributed by atoms with E-state index in [4.69, 9.17) is 42.6 Å². The lowest BCUT2D eigenvalue weighted by molar-refractivity contribution is -0.150. The van der Waals surface area contributed by atoms with Crippen molar-refractivity contribution >= 4 is 23.3 Å². The summed E-state index contributed by atoms with van der Waals surface area (Å²) in [7, 11) is 0. The molecular weight excluding hydrogens is 703 g/mol. The van der Waals surface area contributed by atoms with Gasteiger partial charge in [0, 0.05) is 5.69 Å². The Bertz CT molecular complexity index is 1250. The molecule has 2 aromatic rings. The van der Waals surface area contributed by atoms with Crippen LogP contribution in [0.25, 0.3) is 0 Å². The van der Waals surface area contributed by atoms with Gasteiger partial charge < -0.3 is 47.9 Å². The number of halogens is 3. The van der Waals surface area contributed by atoms with E-state index in [-0.39, 0.29) is 43.0 Å². The van der Waals surface area contributed by atoms with Gasteiger partial charge in [-0.3, -0.25) is 4.79 Å². The van der Waals surface area contributed by atoms with E-state index in [2.05, 4.69) is 12.2 Å². The number of alkyl halides is 3. The van der Waals surface area contributed by atoms with Gasteiger partial charge in [-0.1, -0.05) is 44.9 Å². The number of ether oxygens (including phenoxy) is 9. The van der Waals surface area contributed by atoms with Gasteiger partial charge in [-0.25, -0.2) is 4.79 Å². The maximum Gasteiger partial charge on any atom is 0.416 e. The second-order valence-corrected chi connectivity index (χ2v) is 11.6. The number of nitrogens with one attached hydrogen (secondary N) is 1. The van der Waals surface area contributed by atoms with Crippen molar-refractivity contribution < 1.29 is 65.4 Å². The Balaban J connectivity index is 1.34. The monoisotopic (exact) mass is 759 g/mol. The molecule has 0 aliphatic rings.